The molecule has 2 nitrogen and oxygen atoms in total. The van der Waals surface area contributed by atoms with E-state index in [1.807, 2.05) is 6.08 Å². The quantitative estimate of drug-likeness (QED) is 0.408. The molecule has 1 aliphatic heterocycles. The van der Waals surface area contributed by atoms with Crippen LogP contribution in [-0.4, -0.2) is 18.6 Å². The Morgan fingerprint density at radius 1 is 1.60 bits per heavy atom. The Kier molecular flexibility index (Phi) is 5.45. The number of nitrogens with two attached hydrogens (primary N) is 1. The van der Waals surface area contributed by atoms with Gasteiger partial charge in [0.15, 0.2) is 0 Å². The zero-order valence-electron chi connectivity index (χ0n) is 9.41. The standard InChI is InChI=1S/C13H22N2/c1-3-5-6-7-12(14)13-9-8-11(4-2)10-15-13/h2-3,11-13,15H,1,5-10,14H2. The molecule has 2 heteroatoms. The van der Waals surface area contributed by atoms with Gasteiger partial charge >= 0.3 is 0 Å². The molecule has 15 heavy (non-hydrogen) atoms. The molecule has 3 unspecified atom stereocenters. The molecule has 0 spiro atoms. The van der Waals surface area contributed by atoms with Crippen molar-refractivity contribution in [3.05, 3.63) is 12.7 Å². The van der Waals surface area contributed by atoms with Gasteiger partial charge in [0.1, 0.15) is 0 Å². The van der Waals surface area contributed by atoms with Crippen molar-refractivity contribution >= 4 is 0 Å². The van der Waals surface area contributed by atoms with Gasteiger partial charge in [-0.3, -0.25) is 0 Å². The Morgan fingerprint density at radius 3 is 2.93 bits per heavy atom. The van der Waals surface area contributed by atoms with Gasteiger partial charge in [0.05, 0.1) is 0 Å². The van der Waals surface area contributed by atoms with Crippen LogP contribution in [-0.2, 0) is 0 Å². The van der Waals surface area contributed by atoms with Crippen LogP contribution < -0.4 is 11.1 Å². The van der Waals surface area contributed by atoms with E-state index in [4.69, 9.17) is 12.2 Å². The normalized spacial score (nSPS) is 28.0. The molecule has 0 bridgehead atoms. The van der Waals surface area contributed by atoms with Crippen LogP contribution in [0.15, 0.2) is 12.7 Å². The predicted octanol–water partition coefficient (Wildman–Crippen LogP) is 1.67. The van der Waals surface area contributed by atoms with Crippen LogP contribution in [0.25, 0.3) is 0 Å². The van der Waals surface area contributed by atoms with Crippen molar-refractivity contribution in [2.45, 2.75) is 44.2 Å². The van der Waals surface area contributed by atoms with Gasteiger partial charge < -0.3 is 11.1 Å². The van der Waals surface area contributed by atoms with Gasteiger partial charge in [0.25, 0.3) is 0 Å². The Morgan fingerprint density at radius 2 is 2.40 bits per heavy atom. The number of rotatable bonds is 5. The lowest BCUT2D eigenvalue weighted by Crippen LogP contribution is -2.49. The molecule has 0 amide bonds. The lowest BCUT2D eigenvalue weighted by atomic mass is 9.90. The van der Waals surface area contributed by atoms with Gasteiger partial charge in [0.2, 0.25) is 0 Å². The van der Waals surface area contributed by atoms with Gasteiger partial charge in [-0.15, -0.1) is 18.9 Å². The van der Waals surface area contributed by atoms with E-state index in [1.165, 1.54) is 0 Å². The molecule has 0 aromatic rings. The average molecular weight is 206 g/mol. The van der Waals surface area contributed by atoms with E-state index in [0.29, 0.717) is 12.0 Å². The Hall–Kier alpha value is -0.780. The summed E-state index contributed by atoms with van der Waals surface area (Å²) in [6, 6.07) is 0.725. The van der Waals surface area contributed by atoms with Gasteiger partial charge in [0, 0.05) is 24.5 Å². The van der Waals surface area contributed by atoms with Crippen LogP contribution in [0.3, 0.4) is 0 Å². The lowest BCUT2D eigenvalue weighted by Gasteiger charge is -2.31. The van der Waals surface area contributed by atoms with Crippen LogP contribution in [0.4, 0.5) is 0 Å². The first-order valence-corrected chi connectivity index (χ1v) is 5.84. The number of allylic oxidation sites excluding steroid dienone is 1. The number of unbranched alkanes of at least 4 members (excludes halogenated alkanes) is 1. The number of nitrogens with one attached hydrogen (secondary N) is 1. The molecule has 0 aromatic carbocycles. The van der Waals surface area contributed by atoms with E-state index in [1.54, 1.807) is 0 Å². The third-order valence-corrected chi connectivity index (χ3v) is 3.15. The Balaban J connectivity index is 2.21. The van der Waals surface area contributed by atoms with E-state index >= 15 is 0 Å². The minimum absolute atomic E-state index is 0.267. The van der Waals surface area contributed by atoms with E-state index < -0.39 is 0 Å². The highest BCUT2D eigenvalue weighted by molar-refractivity contribution is 4.98. The summed E-state index contributed by atoms with van der Waals surface area (Å²) in [5.74, 6) is 3.20. The summed E-state index contributed by atoms with van der Waals surface area (Å²) in [6.45, 7) is 4.64. The van der Waals surface area contributed by atoms with Crippen molar-refractivity contribution in [3.8, 4) is 12.3 Å². The molecular weight excluding hydrogens is 184 g/mol. The fourth-order valence-corrected chi connectivity index (χ4v) is 2.09. The third-order valence-electron chi connectivity index (χ3n) is 3.15. The Bertz CT molecular complexity index is 221. The summed E-state index contributed by atoms with van der Waals surface area (Å²) in [6.07, 6.45) is 12.9. The highest BCUT2D eigenvalue weighted by Crippen LogP contribution is 2.17. The maximum absolute atomic E-state index is 6.13. The Labute approximate surface area is 93.3 Å². The average Bonchev–Trinajstić information content (AvgIpc) is 2.29. The molecule has 1 fully saturated rings. The minimum Gasteiger partial charge on any atom is -0.326 e. The fourth-order valence-electron chi connectivity index (χ4n) is 2.09. The maximum atomic E-state index is 6.13. The van der Waals surface area contributed by atoms with Gasteiger partial charge in [-0.2, -0.15) is 0 Å². The summed E-state index contributed by atoms with van der Waals surface area (Å²) in [5, 5.41) is 3.45. The van der Waals surface area contributed by atoms with Crippen molar-refractivity contribution < 1.29 is 0 Å². The molecule has 0 aliphatic carbocycles. The second-order valence-electron chi connectivity index (χ2n) is 4.34. The van der Waals surface area contributed by atoms with Crippen molar-refractivity contribution in [3.63, 3.8) is 0 Å². The number of hydrogen-bond acceptors (Lipinski definition) is 2. The van der Waals surface area contributed by atoms with Crippen LogP contribution >= 0.6 is 0 Å². The summed E-state index contributed by atoms with van der Waals surface area (Å²) < 4.78 is 0. The highest BCUT2D eigenvalue weighted by atomic mass is 15.0. The van der Waals surface area contributed by atoms with Crippen LogP contribution in [0.5, 0.6) is 0 Å². The number of hydrogen-bond donors (Lipinski definition) is 2. The lowest BCUT2D eigenvalue weighted by molar-refractivity contribution is 0.306. The zero-order chi connectivity index (χ0) is 11.1. The molecule has 0 radical (unpaired) electrons. The second-order valence-corrected chi connectivity index (χ2v) is 4.34. The molecule has 1 heterocycles. The summed E-state index contributed by atoms with van der Waals surface area (Å²) in [4.78, 5) is 0. The summed E-state index contributed by atoms with van der Waals surface area (Å²) in [7, 11) is 0. The zero-order valence-corrected chi connectivity index (χ0v) is 9.41. The third kappa shape index (κ3) is 4.07. The van der Waals surface area contributed by atoms with E-state index in [9.17, 15) is 0 Å². The van der Waals surface area contributed by atoms with Crippen molar-refractivity contribution in [1.82, 2.24) is 5.32 Å². The molecule has 3 N–H and O–H groups in total. The van der Waals surface area contributed by atoms with Crippen LogP contribution in [0.2, 0.25) is 0 Å². The number of piperidine rings is 1. The first kappa shape index (κ1) is 12.3. The van der Waals surface area contributed by atoms with Crippen LogP contribution in [0, 0.1) is 18.3 Å². The largest absolute Gasteiger partial charge is 0.326 e. The molecule has 84 valence electrons. The van der Waals surface area contributed by atoms with E-state index in [-0.39, 0.29) is 6.04 Å². The maximum Gasteiger partial charge on any atom is 0.0325 e. The molecule has 3 atom stereocenters. The first-order valence-electron chi connectivity index (χ1n) is 5.84. The fraction of sp³-hybridized carbons (Fsp3) is 0.692. The van der Waals surface area contributed by atoms with Crippen LogP contribution in [0.1, 0.15) is 32.1 Å². The first-order chi connectivity index (χ1) is 7.27. The monoisotopic (exact) mass is 206 g/mol. The number of terminal acetylenes is 1. The SMILES string of the molecule is C#CC1CCC(C(N)CCCC=C)NC1. The molecular formula is C13H22N2. The summed E-state index contributed by atoms with van der Waals surface area (Å²) in [5.41, 5.74) is 6.13. The smallest absolute Gasteiger partial charge is 0.0325 e. The second kappa shape index (κ2) is 6.66. The molecule has 0 aromatic heterocycles. The van der Waals surface area contributed by atoms with Gasteiger partial charge in [-0.05, 0) is 32.1 Å². The molecule has 1 saturated heterocycles. The van der Waals surface area contributed by atoms with Crippen molar-refractivity contribution in [1.29, 1.82) is 0 Å². The van der Waals surface area contributed by atoms with Gasteiger partial charge in [-0.25, -0.2) is 0 Å². The van der Waals surface area contributed by atoms with Crippen molar-refractivity contribution in [2.24, 2.45) is 11.7 Å². The highest BCUT2D eigenvalue weighted by Gasteiger charge is 2.23. The molecule has 1 aliphatic rings. The topological polar surface area (TPSA) is 38.0 Å². The summed E-state index contributed by atoms with van der Waals surface area (Å²) >= 11 is 0. The molecule has 0 saturated carbocycles. The van der Waals surface area contributed by atoms with Crippen molar-refractivity contribution in [2.75, 3.05) is 6.54 Å². The van der Waals surface area contributed by atoms with E-state index in [2.05, 4.69) is 17.8 Å². The molecule has 1 rings (SSSR count). The van der Waals surface area contributed by atoms with Gasteiger partial charge in [-0.1, -0.05) is 6.08 Å². The van der Waals surface area contributed by atoms with E-state index in [0.717, 1.165) is 38.6 Å². The minimum atomic E-state index is 0.267. The predicted molar refractivity (Wildman–Crippen MR) is 65.4 cm³/mol.